The monoisotopic (exact) mass is 731 g/mol. The maximum atomic E-state index is 13.2. The minimum Gasteiger partial charge on any atom is -0.449 e. The number of benzene rings is 3. The Labute approximate surface area is 303 Å². The molecule has 52 heavy (non-hydrogen) atoms. The molecule has 0 aliphatic heterocycles. The summed E-state index contributed by atoms with van der Waals surface area (Å²) in [6.45, 7) is 9.17. The van der Waals surface area contributed by atoms with Crippen molar-refractivity contribution in [2.24, 2.45) is 0 Å². The first-order valence-corrected chi connectivity index (χ1v) is 18.7. The number of hydrogen-bond acceptors (Lipinski definition) is 10. The molecule has 5 rings (SSSR count). The van der Waals surface area contributed by atoms with Crippen LogP contribution in [-0.2, 0) is 30.7 Å². The van der Waals surface area contributed by atoms with Crippen LogP contribution in [0.25, 0.3) is 10.9 Å². The van der Waals surface area contributed by atoms with Gasteiger partial charge < -0.3 is 29.5 Å². The molecular weight excluding hydrogens is 687 g/mol. The molecule has 2 atom stereocenters. The van der Waals surface area contributed by atoms with E-state index in [1.807, 2.05) is 32.0 Å². The van der Waals surface area contributed by atoms with E-state index in [1.165, 1.54) is 30.4 Å². The van der Waals surface area contributed by atoms with E-state index in [9.17, 15) is 27.6 Å². The smallest absolute Gasteiger partial charge is 0.411 e. The van der Waals surface area contributed by atoms with Gasteiger partial charge in [-0.3, -0.25) is 10.1 Å². The SMILES string of the molecule is CC[C@@H](COC(=O)Nc1ccc(S(=O)(=O)C2CC2)c(CN(C)C(=O)OC(C)(C)C)c1)c1ccc(C(C=O)Nc2ccc3nc[nH]c(=O)c3c2)cc1C. The van der Waals surface area contributed by atoms with Crippen LogP contribution in [0.4, 0.5) is 21.0 Å². The van der Waals surface area contributed by atoms with Gasteiger partial charge in [0.15, 0.2) is 9.84 Å². The predicted octanol–water partition coefficient (Wildman–Crippen LogP) is 6.63. The summed E-state index contributed by atoms with van der Waals surface area (Å²) < 4.78 is 37.5. The van der Waals surface area contributed by atoms with Crippen LogP contribution < -0.4 is 16.2 Å². The number of nitrogens with one attached hydrogen (secondary N) is 3. The van der Waals surface area contributed by atoms with Crippen LogP contribution in [0.3, 0.4) is 0 Å². The molecule has 1 heterocycles. The lowest BCUT2D eigenvalue weighted by molar-refractivity contribution is -0.108. The van der Waals surface area contributed by atoms with Crippen molar-refractivity contribution in [3.8, 4) is 0 Å². The summed E-state index contributed by atoms with van der Waals surface area (Å²) in [7, 11) is -2.08. The van der Waals surface area contributed by atoms with Crippen molar-refractivity contribution >= 4 is 50.6 Å². The van der Waals surface area contributed by atoms with Crippen LogP contribution in [0.5, 0.6) is 0 Å². The molecule has 0 spiro atoms. The maximum Gasteiger partial charge on any atom is 0.411 e. The van der Waals surface area contributed by atoms with Crippen molar-refractivity contribution < 1.29 is 32.3 Å². The number of anilines is 2. The number of carbonyl (C=O) groups is 3. The Morgan fingerprint density at radius 1 is 1.08 bits per heavy atom. The number of aryl methyl sites for hydroxylation is 1. The summed E-state index contributed by atoms with van der Waals surface area (Å²) in [5, 5.41) is 5.83. The Kier molecular flexibility index (Phi) is 11.4. The normalized spacial score (nSPS) is 14.3. The van der Waals surface area contributed by atoms with Crippen LogP contribution in [0.15, 0.2) is 70.6 Å². The van der Waals surface area contributed by atoms with Crippen molar-refractivity contribution in [2.75, 3.05) is 24.3 Å². The number of amides is 2. The molecule has 1 aliphatic carbocycles. The highest BCUT2D eigenvalue weighted by Crippen LogP contribution is 2.36. The average Bonchev–Trinajstić information content (AvgIpc) is 3.94. The maximum absolute atomic E-state index is 13.2. The van der Waals surface area contributed by atoms with Crippen LogP contribution in [0, 0.1) is 6.92 Å². The number of carbonyl (C=O) groups excluding carboxylic acids is 3. The first-order valence-electron chi connectivity index (χ1n) is 17.1. The highest BCUT2D eigenvalue weighted by molar-refractivity contribution is 7.92. The van der Waals surface area contributed by atoms with Gasteiger partial charge in [0.25, 0.3) is 5.56 Å². The molecule has 3 N–H and O–H groups in total. The van der Waals surface area contributed by atoms with E-state index in [-0.39, 0.29) is 29.5 Å². The Bertz CT molecular complexity index is 2140. The number of sulfone groups is 1. The lowest BCUT2D eigenvalue weighted by Gasteiger charge is -2.25. The van der Waals surface area contributed by atoms with Crippen molar-refractivity contribution in [3.63, 3.8) is 0 Å². The topological polar surface area (TPSA) is 177 Å². The molecule has 1 unspecified atom stereocenters. The number of nitrogens with zero attached hydrogens (tertiary/aromatic N) is 2. The van der Waals surface area contributed by atoms with E-state index in [1.54, 1.807) is 45.0 Å². The van der Waals surface area contributed by atoms with Crippen molar-refractivity contribution in [2.45, 2.75) is 88.1 Å². The number of fused-ring (bicyclic) bond motifs is 1. The summed E-state index contributed by atoms with van der Waals surface area (Å²) in [4.78, 5) is 58.2. The Morgan fingerprint density at radius 3 is 2.46 bits per heavy atom. The largest absolute Gasteiger partial charge is 0.449 e. The summed E-state index contributed by atoms with van der Waals surface area (Å²) in [5.74, 6) is -0.147. The summed E-state index contributed by atoms with van der Waals surface area (Å²) in [6.07, 6.45) is 2.65. The molecule has 276 valence electrons. The lowest BCUT2D eigenvalue weighted by Crippen LogP contribution is -2.34. The highest BCUT2D eigenvalue weighted by Gasteiger charge is 2.38. The highest BCUT2D eigenvalue weighted by atomic mass is 32.2. The van der Waals surface area contributed by atoms with Gasteiger partial charge >= 0.3 is 12.2 Å². The van der Waals surface area contributed by atoms with Gasteiger partial charge in [0, 0.05) is 24.3 Å². The fourth-order valence-corrected chi connectivity index (χ4v) is 7.78. The fourth-order valence-electron chi connectivity index (χ4n) is 5.92. The minimum absolute atomic E-state index is 0.0476. The molecule has 4 aromatic rings. The quantitative estimate of drug-likeness (QED) is 0.127. The molecule has 13 nitrogen and oxygen atoms in total. The predicted molar refractivity (Wildman–Crippen MR) is 198 cm³/mol. The fraction of sp³-hybridized carbons (Fsp3) is 0.395. The third kappa shape index (κ3) is 9.15. The Morgan fingerprint density at radius 2 is 1.81 bits per heavy atom. The molecule has 1 aromatic heterocycles. The molecular formula is C38H45N5O8S. The number of hydrogen-bond donors (Lipinski definition) is 3. The van der Waals surface area contributed by atoms with E-state index in [4.69, 9.17) is 9.47 Å². The van der Waals surface area contributed by atoms with Crippen molar-refractivity contribution in [3.05, 3.63) is 93.5 Å². The molecule has 1 aliphatic rings. The molecule has 1 fully saturated rings. The van der Waals surface area contributed by atoms with Crippen LogP contribution >= 0.6 is 0 Å². The number of ether oxygens (including phenoxy) is 2. The van der Waals surface area contributed by atoms with Crippen LogP contribution in [0.2, 0.25) is 0 Å². The second-order valence-corrected chi connectivity index (χ2v) is 16.3. The van der Waals surface area contributed by atoms with E-state index in [2.05, 4.69) is 20.6 Å². The minimum atomic E-state index is -3.60. The molecule has 3 aromatic carbocycles. The zero-order valence-corrected chi connectivity index (χ0v) is 31.0. The van der Waals surface area contributed by atoms with Crippen LogP contribution in [-0.4, -0.2) is 66.3 Å². The van der Waals surface area contributed by atoms with Crippen LogP contribution in [0.1, 0.15) is 81.2 Å². The zero-order valence-electron chi connectivity index (χ0n) is 30.2. The third-order valence-electron chi connectivity index (χ3n) is 8.79. The lowest BCUT2D eigenvalue weighted by atomic mass is 9.91. The molecule has 1 saturated carbocycles. The molecule has 0 bridgehead atoms. The van der Waals surface area contributed by atoms with Gasteiger partial charge in [-0.2, -0.15) is 0 Å². The van der Waals surface area contributed by atoms with Gasteiger partial charge in [-0.15, -0.1) is 0 Å². The number of H-pyrrole nitrogens is 1. The van der Waals surface area contributed by atoms with E-state index < -0.39 is 38.9 Å². The van der Waals surface area contributed by atoms with Gasteiger partial charge in [0.05, 0.1) is 33.9 Å². The zero-order chi connectivity index (χ0) is 37.8. The first-order chi connectivity index (χ1) is 24.6. The Balaban J connectivity index is 1.25. The standard InChI is InChI=1S/C38H45N5O8S/c1-7-24(30-13-8-25(16-23(30)2)33(20-44)41-28-9-14-32-31(18-28)35(45)40-22-39-32)21-50-36(46)42-27-10-15-34(52(48,49)29-11-12-29)26(17-27)19-43(6)37(47)51-38(3,4)5/h8-10,13-18,20,22,24,29,33,41H,7,11-12,19,21H2,1-6H3,(H,42,46)(H,39,40,45)/t24-,33?/m0/s1. The van der Waals surface area contributed by atoms with E-state index in [0.717, 1.165) is 23.0 Å². The molecule has 0 radical (unpaired) electrons. The van der Waals surface area contributed by atoms with Gasteiger partial charge in [-0.05, 0) is 106 Å². The second kappa shape index (κ2) is 15.6. The van der Waals surface area contributed by atoms with Gasteiger partial charge in [-0.25, -0.2) is 23.0 Å². The number of aromatic nitrogens is 2. The number of aldehydes is 1. The number of aromatic amines is 1. The third-order valence-corrected chi connectivity index (χ3v) is 11.1. The first kappa shape index (κ1) is 38.0. The van der Waals surface area contributed by atoms with E-state index >= 15 is 0 Å². The summed E-state index contributed by atoms with van der Waals surface area (Å²) in [5.41, 5.74) is 3.40. The summed E-state index contributed by atoms with van der Waals surface area (Å²) >= 11 is 0. The van der Waals surface area contributed by atoms with E-state index in [0.29, 0.717) is 47.1 Å². The van der Waals surface area contributed by atoms with Crippen molar-refractivity contribution in [1.82, 2.24) is 14.9 Å². The molecule has 2 amide bonds. The number of rotatable bonds is 13. The molecule has 0 saturated heterocycles. The average molecular weight is 732 g/mol. The summed E-state index contributed by atoms with van der Waals surface area (Å²) in [6, 6.07) is 14.6. The van der Waals surface area contributed by atoms with Gasteiger partial charge in [0.1, 0.15) is 24.5 Å². The second-order valence-electron chi connectivity index (χ2n) is 14.1. The van der Waals surface area contributed by atoms with Gasteiger partial charge in [-0.1, -0.05) is 25.1 Å². The molecule has 14 heteroatoms. The van der Waals surface area contributed by atoms with Gasteiger partial charge in [0.2, 0.25) is 0 Å². The Hall–Kier alpha value is -5.24. The van der Waals surface area contributed by atoms with Crippen molar-refractivity contribution in [1.29, 1.82) is 0 Å².